The molecule has 0 aliphatic carbocycles. The van der Waals surface area contributed by atoms with Crippen molar-refractivity contribution in [3.63, 3.8) is 0 Å². The van der Waals surface area contributed by atoms with E-state index in [-0.39, 0.29) is 12.2 Å². The highest BCUT2D eigenvalue weighted by atomic mass is 16.5. The van der Waals surface area contributed by atoms with E-state index in [1.165, 1.54) is 0 Å². The number of aromatic nitrogens is 2. The molecule has 0 amide bonds. The van der Waals surface area contributed by atoms with Gasteiger partial charge < -0.3 is 23.7 Å². The number of methoxy groups -OCH3 is 1. The third kappa shape index (κ3) is 9.29. The molecule has 34 heavy (non-hydrogen) atoms. The van der Waals surface area contributed by atoms with Gasteiger partial charge in [-0.25, -0.2) is 9.97 Å². The number of fused-ring (bicyclic) bond motifs is 1. The Hall–Kier alpha value is -2.68. The Bertz CT molecular complexity index is 1000. The van der Waals surface area contributed by atoms with E-state index in [0.29, 0.717) is 62.3 Å². The Kier molecular flexibility index (Phi) is 13.0. The van der Waals surface area contributed by atoms with E-state index in [0.717, 1.165) is 18.4 Å². The van der Waals surface area contributed by atoms with Crippen LogP contribution in [0.4, 0.5) is 0 Å². The number of hydrogen-bond donors (Lipinski definition) is 0. The third-order valence-corrected chi connectivity index (χ3v) is 4.82. The van der Waals surface area contributed by atoms with Crippen molar-refractivity contribution in [1.29, 1.82) is 0 Å². The number of benzene rings is 1. The Morgan fingerprint density at radius 1 is 0.735 bits per heavy atom. The standard InChI is InChI=1S/C27H36N2O5/c1-6-21(33-18-16-31-8-3)10-13-24-25(14-11-22(7-2)34-19-17-32-9-4)29-27-20-23(30-5)12-15-26(27)28-24/h12,15,20-22H,6-9,16-19H2,1-5H3. The maximum atomic E-state index is 5.82. The van der Waals surface area contributed by atoms with Crippen molar-refractivity contribution in [2.45, 2.75) is 52.7 Å². The topological polar surface area (TPSA) is 71.9 Å². The number of rotatable bonds is 13. The van der Waals surface area contributed by atoms with Crippen LogP contribution >= 0.6 is 0 Å². The molecule has 0 saturated heterocycles. The van der Waals surface area contributed by atoms with Gasteiger partial charge in [0.25, 0.3) is 0 Å². The van der Waals surface area contributed by atoms with Crippen LogP contribution in [-0.2, 0) is 18.9 Å². The van der Waals surface area contributed by atoms with Crippen LogP contribution in [0.25, 0.3) is 11.0 Å². The van der Waals surface area contributed by atoms with Crippen LogP contribution in [0.3, 0.4) is 0 Å². The molecule has 0 radical (unpaired) electrons. The molecule has 0 saturated carbocycles. The zero-order valence-electron chi connectivity index (χ0n) is 21.0. The Labute approximate surface area is 203 Å². The van der Waals surface area contributed by atoms with E-state index < -0.39 is 0 Å². The summed E-state index contributed by atoms with van der Waals surface area (Å²) in [4.78, 5) is 9.45. The average Bonchev–Trinajstić information content (AvgIpc) is 2.87. The third-order valence-electron chi connectivity index (χ3n) is 4.82. The molecule has 1 aromatic heterocycles. The highest BCUT2D eigenvalue weighted by Crippen LogP contribution is 2.19. The first kappa shape index (κ1) is 27.6. The highest BCUT2D eigenvalue weighted by molar-refractivity contribution is 5.77. The van der Waals surface area contributed by atoms with E-state index >= 15 is 0 Å². The van der Waals surface area contributed by atoms with Gasteiger partial charge in [-0.2, -0.15) is 0 Å². The Balaban J connectivity index is 2.33. The van der Waals surface area contributed by atoms with Gasteiger partial charge >= 0.3 is 0 Å². The van der Waals surface area contributed by atoms with Gasteiger partial charge in [0.15, 0.2) is 0 Å². The van der Waals surface area contributed by atoms with Crippen LogP contribution in [-0.4, -0.2) is 68.9 Å². The number of ether oxygens (including phenoxy) is 5. The summed E-state index contributed by atoms with van der Waals surface area (Å²) in [6.45, 7) is 11.4. The predicted molar refractivity (Wildman–Crippen MR) is 133 cm³/mol. The monoisotopic (exact) mass is 468 g/mol. The fraction of sp³-hybridized carbons (Fsp3) is 0.556. The van der Waals surface area contributed by atoms with Gasteiger partial charge in [-0.15, -0.1) is 0 Å². The first-order valence-electron chi connectivity index (χ1n) is 11.9. The molecule has 2 unspecified atom stereocenters. The number of nitrogens with zero attached hydrogens (tertiary/aromatic N) is 2. The van der Waals surface area contributed by atoms with Crippen molar-refractivity contribution in [1.82, 2.24) is 9.97 Å². The van der Waals surface area contributed by atoms with E-state index in [9.17, 15) is 0 Å². The van der Waals surface area contributed by atoms with Crippen molar-refractivity contribution in [3.05, 3.63) is 29.6 Å². The lowest BCUT2D eigenvalue weighted by Gasteiger charge is -2.10. The zero-order valence-corrected chi connectivity index (χ0v) is 21.0. The van der Waals surface area contributed by atoms with Crippen molar-refractivity contribution in [2.75, 3.05) is 46.8 Å². The van der Waals surface area contributed by atoms with Crippen LogP contribution in [0.2, 0.25) is 0 Å². The van der Waals surface area contributed by atoms with Crippen molar-refractivity contribution >= 4 is 11.0 Å². The van der Waals surface area contributed by atoms with Crippen LogP contribution in [0, 0.1) is 23.7 Å². The van der Waals surface area contributed by atoms with Crippen LogP contribution < -0.4 is 4.74 Å². The second-order valence-corrected chi connectivity index (χ2v) is 7.24. The average molecular weight is 469 g/mol. The second kappa shape index (κ2) is 16.0. The molecule has 0 N–H and O–H groups in total. The molecule has 7 nitrogen and oxygen atoms in total. The summed E-state index contributed by atoms with van der Waals surface area (Å²) in [5.41, 5.74) is 2.44. The second-order valence-electron chi connectivity index (χ2n) is 7.24. The Morgan fingerprint density at radius 2 is 1.26 bits per heavy atom. The first-order chi connectivity index (χ1) is 16.6. The fourth-order valence-electron chi connectivity index (χ4n) is 2.94. The highest BCUT2D eigenvalue weighted by Gasteiger charge is 2.09. The fourth-order valence-corrected chi connectivity index (χ4v) is 2.94. The summed E-state index contributed by atoms with van der Waals surface area (Å²) in [6, 6.07) is 5.56. The van der Waals surface area contributed by atoms with Crippen molar-refractivity contribution in [3.8, 4) is 29.4 Å². The summed E-state index contributed by atoms with van der Waals surface area (Å²) in [6.07, 6.45) is 1.05. The SMILES string of the molecule is CCOCCOC(C#Cc1nc2ccc(OC)cc2nc1C#CC(CC)OCCOCC)CC. The lowest BCUT2D eigenvalue weighted by Crippen LogP contribution is -2.14. The summed E-state index contributed by atoms with van der Waals surface area (Å²) >= 11 is 0. The Morgan fingerprint density at radius 3 is 1.74 bits per heavy atom. The molecule has 0 aliphatic rings. The maximum absolute atomic E-state index is 5.82. The van der Waals surface area contributed by atoms with Gasteiger partial charge in [0.2, 0.25) is 0 Å². The van der Waals surface area contributed by atoms with Gasteiger partial charge in [-0.05, 0) is 50.7 Å². The van der Waals surface area contributed by atoms with E-state index in [4.69, 9.17) is 33.7 Å². The van der Waals surface area contributed by atoms with Crippen molar-refractivity contribution < 1.29 is 23.7 Å². The maximum Gasteiger partial charge on any atom is 0.148 e. The smallest absolute Gasteiger partial charge is 0.148 e. The van der Waals surface area contributed by atoms with Gasteiger partial charge in [0.1, 0.15) is 29.3 Å². The van der Waals surface area contributed by atoms with Gasteiger partial charge in [-0.1, -0.05) is 25.7 Å². The van der Waals surface area contributed by atoms with Crippen molar-refractivity contribution in [2.24, 2.45) is 0 Å². The molecule has 7 heteroatoms. The molecule has 1 heterocycles. The normalized spacial score (nSPS) is 12.4. The molecule has 2 rings (SSSR count). The van der Waals surface area contributed by atoms with Gasteiger partial charge in [-0.3, -0.25) is 0 Å². The van der Waals surface area contributed by atoms with E-state index in [1.807, 2.05) is 45.9 Å². The summed E-state index contributed by atoms with van der Waals surface area (Å²) in [5.74, 6) is 13.3. The largest absolute Gasteiger partial charge is 0.497 e. The lowest BCUT2D eigenvalue weighted by atomic mass is 10.2. The molecule has 2 atom stereocenters. The molecule has 184 valence electrons. The molecule has 0 fully saturated rings. The predicted octanol–water partition coefficient (Wildman–Crippen LogP) is 4.00. The molecular weight excluding hydrogens is 432 g/mol. The molecule has 1 aromatic carbocycles. The lowest BCUT2D eigenvalue weighted by molar-refractivity contribution is 0.0292. The molecule has 0 aliphatic heterocycles. The molecular formula is C27H36N2O5. The zero-order chi connectivity index (χ0) is 24.6. The minimum atomic E-state index is -0.227. The van der Waals surface area contributed by atoms with Crippen LogP contribution in [0.1, 0.15) is 51.9 Å². The molecule has 2 aromatic rings. The van der Waals surface area contributed by atoms with Gasteiger partial charge in [0, 0.05) is 19.3 Å². The summed E-state index contributed by atoms with van der Waals surface area (Å²) < 4.78 is 27.7. The minimum Gasteiger partial charge on any atom is -0.497 e. The van der Waals surface area contributed by atoms with E-state index in [2.05, 4.69) is 23.7 Å². The van der Waals surface area contributed by atoms with Gasteiger partial charge in [0.05, 0.1) is 44.6 Å². The molecule has 0 bridgehead atoms. The summed E-state index contributed by atoms with van der Waals surface area (Å²) in [5, 5.41) is 0. The van der Waals surface area contributed by atoms with Crippen LogP contribution in [0.5, 0.6) is 5.75 Å². The number of hydrogen-bond acceptors (Lipinski definition) is 7. The molecule has 0 spiro atoms. The first-order valence-corrected chi connectivity index (χ1v) is 11.9. The van der Waals surface area contributed by atoms with E-state index in [1.54, 1.807) is 7.11 Å². The van der Waals surface area contributed by atoms with Crippen LogP contribution in [0.15, 0.2) is 18.2 Å². The quantitative estimate of drug-likeness (QED) is 0.325. The minimum absolute atomic E-state index is 0.222. The summed E-state index contributed by atoms with van der Waals surface area (Å²) in [7, 11) is 1.62.